The van der Waals surface area contributed by atoms with Gasteiger partial charge in [0.25, 0.3) is 0 Å². The Morgan fingerprint density at radius 2 is 2.00 bits per heavy atom. The van der Waals surface area contributed by atoms with Gasteiger partial charge in [-0.1, -0.05) is 0 Å². The molecule has 0 spiro atoms. The van der Waals surface area contributed by atoms with E-state index in [9.17, 15) is 9.50 Å². The van der Waals surface area contributed by atoms with Gasteiger partial charge in [0.2, 0.25) is 0 Å². The van der Waals surface area contributed by atoms with Crippen LogP contribution in [0.2, 0.25) is 0 Å². The summed E-state index contributed by atoms with van der Waals surface area (Å²) in [4.78, 5) is 4.05. The minimum Gasteiger partial charge on any atom is -0.493 e. The van der Waals surface area contributed by atoms with Crippen LogP contribution in [0.15, 0.2) is 36.8 Å². The number of fused-ring (bicyclic) bond motifs is 1. The van der Waals surface area contributed by atoms with Crippen LogP contribution in [-0.2, 0) is 6.54 Å². The predicted molar refractivity (Wildman–Crippen MR) is 113 cm³/mol. The molecule has 0 fully saturated rings. The van der Waals surface area contributed by atoms with E-state index >= 15 is 0 Å². The van der Waals surface area contributed by atoms with Gasteiger partial charge < -0.3 is 14.6 Å². The van der Waals surface area contributed by atoms with Crippen molar-refractivity contribution in [1.82, 2.24) is 24.4 Å². The fourth-order valence-electron chi connectivity index (χ4n) is 3.57. The average Bonchev–Trinajstić information content (AvgIpc) is 3.33. The van der Waals surface area contributed by atoms with Gasteiger partial charge in [-0.2, -0.15) is 10.2 Å². The molecule has 4 heterocycles. The first-order valence-corrected chi connectivity index (χ1v) is 9.95. The number of hydrogen-bond donors (Lipinski definition) is 1. The first-order chi connectivity index (χ1) is 15.0. The van der Waals surface area contributed by atoms with E-state index in [1.165, 1.54) is 12.1 Å². The molecule has 0 aliphatic carbocycles. The molecule has 0 saturated heterocycles. The normalized spacial score (nSPS) is 12.3. The standard InChI is InChI=1S/C22H24FN5O3/c1-5-27-14(3)13(2)21(26-27)15-8-18(22-19(30-4)10-25-28(22)11-15)31-20(12-29)17-7-6-16(23)9-24-17/h6-11,20,29H,5,12H2,1-4H3. The molecule has 31 heavy (non-hydrogen) atoms. The zero-order valence-electron chi connectivity index (χ0n) is 17.8. The van der Waals surface area contributed by atoms with Gasteiger partial charge in [0.1, 0.15) is 5.82 Å². The molecule has 4 rings (SSSR count). The molecule has 4 aromatic rings. The van der Waals surface area contributed by atoms with Crippen molar-refractivity contribution in [3.8, 4) is 22.8 Å². The summed E-state index contributed by atoms with van der Waals surface area (Å²) in [7, 11) is 1.55. The Kier molecular flexibility index (Phi) is 5.60. The van der Waals surface area contributed by atoms with Crippen LogP contribution in [0.25, 0.3) is 16.8 Å². The van der Waals surface area contributed by atoms with E-state index in [-0.39, 0.29) is 6.61 Å². The highest BCUT2D eigenvalue weighted by atomic mass is 19.1. The summed E-state index contributed by atoms with van der Waals surface area (Å²) in [5, 5.41) is 19.0. The van der Waals surface area contributed by atoms with Crippen LogP contribution in [0.1, 0.15) is 30.0 Å². The zero-order valence-corrected chi connectivity index (χ0v) is 17.8. The van der Waals surface area contributed by atoms with Gasteiger partial charge in [0.05, 0.1) is 37.5 Å². The summed E-state index contributed by atoms with van der Waals surface area (Å²) in [5.74, 6) is 0.511. The molecule has 162 valence electrons. The largest absolute Gasteiger partial charge is 0.493 e. The van der Waals surface area contributed by atoms with Crippen molar-refractivity contribution in [2.24, 2.45) is 0 Å². The van der Waals surface area contributed by atoms with E-state index in [0.29, 0.717) is 22.7 Å². The van der Waals surface area contributed by atoms with E-state index < -0.39 is 11.9 Å². The molecule has 0 radical (unpaired) electrons. The Morgan fingerprint density at radius 3 is 2.61 bits per heavy atom. The molecule has 0 aliphatic heterocycles. The Hall–Kier alpha value is -3.46. The van der Waals surface area contributed by atoms with Crippen LogP contribution < -0.4 is 9.47 Å². The predicted octanol–water partition coefficient (Wildman–Crippen LogP) is 3.49. The molecule has 0 saturated carbocycles. The van der Waals surface area contributed by atoms with Crippen molar-refractivity contribution in [3.63, 3.8) is 0 Å². The van der Waals surface area contributed by atoms with Crippen LogP contribution >= 0.6 is 0 Å². The van der Waals surface area contributed by atoms with Crippen LogP contribution in [0.5, 0.6) is 11.5 Å². The van der Waals surface area contributed by atoms with Gasteiger partial charge in [0, 0.05) is 24.0 Å². The first kappa shape index (κ1) is 20.8. The number of aliphatic hydroxyl groups excluding tert-OH is 1. The van der Waals surface area contributed by atoms with Gasteiger partial charge in [-0.05, 0) is 44.5 Å². The Balaban J connectivity index is 1.84. The maximum atomic E-state index is 13.3. The zero-order chi connectivity index (χ0) is 22.1. The van der Waals surface area contributed by atoms with E-state index in [0.717, 1.165) is 35.3 Å². The van der Waals surface area contributed by atoms with Crippen molar-refractivity contribution in [2.45, 2.75) is 33.4 Å². The fraction of sp³-hybridized carbons (Fsp3) is 0.318. The maximum absolute atomic E-state index is 13.3. The van der Waals surface area contributed by atoms with Gasteiger partial charge in [-0.3, -0.25) is 9.67 Å². The van der Waals surface area contributed by atoms with E-state index in [1.807, 2.05) is 37.7 Å². The second-order valence-electron chi connectivity index (χ2n) is 7.16. The van der Waals surface area contributed by atoms with Crippen LogP contribution in [-0.4, -0.2) is 43.2 Å². The molecule has 1 N–H and O–H groups in total. The lowest BCUT2D eigenvalue weighted by Gasteiger charge is -2.18. The second-order valence-corrected chi connectivity index (χ2v) is 7.16. The van der Waals surface area contributed by atoms with Crippen molar-refractivity contribution in [3.05, 3.63) is 59.6 Å². The highest BCUT2D eigenvalue weighted by Crippen LogP contribution is 2.36. The quantitative estimate of drug-likeness (QED) is 0.488. The smallest absolute Gasteiger partial charge is 0.168 e. The number of halogens is 1. The van der Waals surface area contributed by atoms with Crippen LogP contribution in [0, 0.1) is 19.7 Å². The summed E-state index contributed by atoms with van der Waals surface area (Å²) >= 11 is 0. The molecule has 0 amide bonds. The summed E-state index contributed by atoms with van der Waals surface area (Å²) in [5.41, 5.74) is 4.79. The number of aromatic nitrogens is 5. The highest BCUT2D eigenvalue weighted by molar-refractivity contribution is 5.75. The van der Waals surface area contributed by atoms with Crippen molar-refractivity contribution < 1.29 is 19.0 Å². The first-order valence-electron chi connectivity index (χ1n) is 9.95. The molecule has 1 atom stereocenters. The molecule has 1 unspecified atom stereocenters. The summed E-state index contributed by atoms with van der Waals surface area (Å²) < 4.78 is 28.5. The van der Waals surface area contributed by atoms with Crippen molar-refractivity contribution in [2.75, 3.05) is 13.7 Å². The van der Waals surface area contributed by atoms with Crippen molar-refractivity contribution in [1.29, 1.82) is 0 Å². The fourth-order valence-corrected chi connectivity index (χ4v) is 3.57. The third-order valence-electron chi connectivity index (χ3n) is 5.36. The minimum atomic E-state index is -0.796. The van der Waals surface area contributed by atoms with Gasteiger partial charge in [0.15, 0.2) is 23.1 Å². The number of pyridine rings is 2. The summed E-state index contributed by atoms with van der Waals surface area (Å²) in [6.07, 6.45) is 3.76. The lowest BCUT2D eigenvalue weighted by Crippen LogP contribution is -2.14. The van der Waals surface area contributed by atoms with Crippen molar-refractivity contribution >= 4 is 5.52 Å². The number of hydrogen-bond acceptors (Lipinski definition) is 6. The third kappa shape index (κ3) is 3.72. The Bertz CT molecular complexity index is 1220. The maximum Gasteiger partial charge on any atom is 0.168 e. The van der Waals surface area contributed by atoms with Gasteiger partial charge in [-0.25, -0.2) is 8.91 Å². The number of aliphatic hydroxyl groups is 1. The second kappa shape index (κ2) is 8.35. The molecule has 0 bridgehead atoms. The highest BCUT2D eigenvalue weighted by Gasteiger charge is 2.21. The molecular weight excluding hydrogens is 401 g/mol. The minimum absolute atomic E-state index is 0.339. The molecule has 9 heteroatoms. The third-order valence-corrected chi connectivity index (χ3v) is 5.36. The molecule has 0 aromatic carbocycles. The topological polar surface area (TPSA) is 86.7 Å². The van der Waals surface area contributed by atoms with Crippen LogP contribution in [0.3, 0.4) is 0 Å². The van der Waals surface area contributed by atoms with Gasteiger partial charge >= 0.3 is 0 Å². The molecule has 4 aromatic heterocycles. The van der Waals surface area contributed by atoms with Crippen LogP contribution in [0.4, 0.5) is 4.39 Å². The summed E-state index contributed by atoms with van der Waals surface area (Å²) in [6, 6.07) is 4.62. The Labute approximate surface area is 178 Å². The molecule has 8 nitrogen and oxygen atoms in total. The van der Waals surface area contributed by atoms with E-state index in [4.69, 9.17) is 14.6 Å². The number of methoxy groups -OCH3 is 1. The number of rotatable bonds is 7. The molecule has 0 aliphatic rings. The molecular formula is C22H24FN5O3. The number of aryl methyl sites for hydroxylation is 1. The lowest BCUT2D eigenvalue weighted by atomic mass is 10.1. The average molecular weight is 425 g/mol. The van der Waals surface area contributed by atoms with Gasteiger partial charge in [-0.15, -0.1) is 0 Å². The number of nitrogens with zero attached hydrogens (tertiary/aromatic N) is 5. The monoisotopic (exact) mass is 425 g/mol. The van der Waals surface area contributed by atoms with E-state index in [1.54, 1.807) is 17.8 Å². The lowest BCUT2D eigenvalue weighted by molar-refractivity contribution is 0.114. The number of ether oxygens (including phenoxy) is 2. The SMILES string of the molecule is CCn1nc(-c2cc(OC(CO)c3ccc(F)cn3)c3c(OC)cnn3c2)c(C)c1C. The Morgan fingerprint density at radius 1 is 1.19 bits per heavy atom. The summed E-state index contributed by atoms with van der Waals surface area (Å²) in [6.45, 7) is 6.52. The van der Waals surface area contributed by atoms with E-state index in [2.05, 4.69) is 10.1 Å².